The van der Waals surface area contributed by atoms with Crippen molar-refractivity contribution in [2.45, 2.75) is 19.9 Å². The zero-order valence-corrected chi connectivity index (χ0v) is 13.8. The number of para-hydroxylation sites is 2. The second kappa shape index (κ2) is 7.79. The Bertz CT molecular complexity index is 713. The van der Waals surface area contributed by atoms with Crippen molar-refractivity contribution >= 4 is 27.5 Å². The van der Waals surface area contributed by atoms with Gasteiger partial charge in [-0.2, -0.15) is 0 Å². The van der Waals surface area contributed by atoms with Gasteiger partial charge in [-0.05, 0) is 41.1 Å². The fraction of sp³-hybridized carbons (Fsp3) is 0.250. The fourth-order valence-corrected chi connectivity index (χ4v) is 2.34. The Morgan fingerprint density at radius 1 is 1.27 bits per heavy atom. The average molecular weight is 365 g/mol. The van der Waals surface area contributed by atoms with E-state index in [-0.39, 0.29) is 17.9 Å². The highest BCUT2D eigenvalue weighted by Gasteiger charge is 2.08. The first-order valence-corrected chi connectivity index (χ1v) is 7.77. The molecule has 1 aromatic heterocycles. The second-order valence-corrected chi connectivity index (χ2v) is 5.52. The van der Waals surface area contributed by atoms with Crippen LogP contribution in [0.25, 0.3) is 0 Å². The predicted molar refractivity (Wildman–Crippen MR) is 89.3 cm³/mol. The van der Waals surface area contributed by atoms with Crippen LogP contribution in [0.5, 0.6) is 5.75 Å². The standard InChI is InChI=1S/C16H17BrN2O3/c1-2-22-14-6-4-3-5-13(14)18-15(20)9-10-19-11-12(17)7-8-16(19)21/h3-8,11H,2,9-10H2,1H3,(H,18,20). The maximum absolute atomic E-state index is 12.0. The van der Waals surface area contributed by atoms with E-state index in [9.17, 15) is 9.59 Å². The number of hydrogen-bond acceptors (Lipinski definition) is 3. The van der Waals surface area contributed by atoms with Crippen molar-refractivity contribution in [1.29, 1.82) is 0 Å². The third-order valence-electron chi connectivity index (χ3n) is 2.99. The third-order valence-corrected chi connectivity index (χ3v) is 3.46. The number of halogens is 1. The molecule has 0 saturated heterocycles. The van der Waals surface area contributed by atoms with E-state index in [1.165, 1.54) is 10.6 Å². The Morgan fingerprint density at radius 2 is 2.05 bits per heavy atom. The summed E-state index contributed by atoms with van der Waals surface area (Å²) in [6.07, 6.45) is 1.88. The van der Waals surface area contributed by atoms with Crippen molar-refractivity contribution in [3.63, 3.8) is 0 Å². The van der Waals surface area contributed by atoms with Crippen LogP contribution in [-0.2, 0) is 11.3 Å². The number of rotatable bonds is 6. The maximum atomic E-state index is 12.0. The number of anilines is 1. The number of benzene rings is 1. The van der Waals surface area contributed by atoms with Gasteiger partial charge < -0.3 is 14.6 Å². The second-order valence-electron chi connectivity index (χ2n) is 4.61. The summed E-state index contributed by atoms with van der Waals surface area (Å²) in [6, 6.07) is 10.4. The van der Waals surface area contributed by atoms with Crippen molar-refractivity contribution in [2.75, 3.05) is 11.9 Å². The summed E-state index contributed by atoms with van der Waals surface area (Å²) in [5, 5.41) is 2.81. The van der Waals surface area contributed by atoms with Crippen LogP contribution < -0.4 is 15.6 Å². The van der Waals surface area contributed by atoms with Gasteiger partial charge in [0.25, 0.3) is 5.56 Å². The minimum atomic E-state index is -0.168. The van der Waals surface area contributed by atoms with Gasteiger partial charge >= 0.3 is 0 Å². The van der Waals surface area contributed by atoms with Crippen LogP contribution in [-0.4, -0.2) is 17.1 Å². The molecule has 0 bridgehead atoms. The zero-order chi connectivity index (χ0) is 15.9. The SMILES string of the molecule is CCOc1ccccc1NC(=O)CCn1cc(Br)ccc1=O. The highest BCUT2D eigenvalue weighted by atomic mass is 79.9. The maximum Gasteiger partial charge on any atom is 0.250 e. The summed E-state index contributed by atoms with van der Waals surface area (Å²) in [5.41, 5.74) is 0.502. The molecule has 116 valence electrons. The van der Waals surface area contributed by atoms with E-state index in [0.29, 0.717) is 24.6 Å². The Hall–Kier alpha value is -2.08. The monoisotopic (exact) mass is 364 g/mol. The smallest absolute Gasteiger partial charge is 0.250 e. The molecule has 1 N–H and O–H groups in total. The Balaban J connectivity index is 1.99. The lowest BCUT2D eigenvalue weighted by Gasteiger charge is -2.11. The largest absolute Gasteiger partial charge is 0.492 e. The lowest BCUT2D eigenvalue weighted by Crippen LogP contribution is -2.22. The summed E-state index contributed by atoms with van der Waals surface area (Å²) in [7, 11) is 0. The average Bonchev–Trinajstić information content (AvgIpc) is 2.50. The van der Waals surface area contributed by atoms with Gasteiger partial charge in [0.15, 0.2) is 0 Å². The molecular weight excluding hydrogens is 348 g/mol. The lowest BCUT2D eigenvalue weighted by molar-refractivity contribution is -0.116. The number of pyridine rings is 1. The molecule has 0 atom stereocenters. The van der Waals surface area contributed by atoms with E-state index in [1.54, 1.807) is 24.4 Å². The molecule has 1 aromatic carbocycles. The van der Waals surface area contributed by atoms with Crippen LogP contribution in [0.3, 0.4) is 0 Å². The van der Waals surface area contributed by atoms with Crippen LogP contribution >= 0.6 is 15.9 Å². The van der Waals surface area contributed by atoms with Gasteiger partial charge in [0, 0.05) is 29.7 Å². The molecule has 0 aliphatic carbocycles. The number of aromatic nitrogens is 1. The third kappa shape index (κ3) is 4.46. The van der Waals surface area contributed by atoms with Crippen LogP contribution in [0, 0.1) is 0 Å². The van der Waals surface area contributed by atoms with Gasteiger partial charge in [-0.25, -0.2) is 0 Å². The van der Waals surface area contributed by atoms with E-state index in [4.69, 9.17) is 4.74 Å². The fourth-order valence-electron chi connectivity index (χ4n) is 1.96. The normalized spacial score (nSPS) is 10.3. The summed E-state index contributed by atoms with van der Waals surface area (Å²) < 4.78 is 7.76. The van der Waals surface area contributed by atoms with Gasteiger partial charge in [-0.3, -0.25) is 9.59 Å². The molecule has 0 saturated carbocycles. The van der Waals surface area contributed by atoms with Gasteiger partial charge in [0.05, 0.1) is 12.3 Å². The quantitative estimate of drug-likeness (QED) is 0.856. The zero-order valence-electron chi connectivity index (χ0n) is 12.2. The molecule has 2 aromatic rings. The minimum Gasteiger partial charge on any atom is -0.492 e. The number of carbonyl (C=O) groups excluding carboxylic acids is 1. The number of ether oxygens (including phenoxy) is 1. The Kier molecular flexibility index (Phi) is 5.77. The van der Waals surface area contributed by atoms with Crippen LogP contribution in [0.15, 0.2) is 51.9 Å². The molecule has 0 aliphatic rings. The van der Waals surface area contributed by atoms with E-state index in [2.05, 4.69) is 21.2 Å². The van der Waals surface area contributed by atoms with E-state index < -0.39 is 0 Å². The van der Waals surface area contributed by atoms with Crippen molar-refractivity contribution in [3.8, 4) is 5.75 Å². The van der Waals surface area contributed by atoms with Crippen LogP contribution in [0.1, 0.15) is 13.3 Å². The van der Waals surface area contributed by atoms with Crippen molar-refractivity contribution in [3.05, 3.63) is 57.4 Å². The van der Waals surface area contributed by atoms with Crippen molar-refractivity contribution in [2.24, 2.45) is 0 Å². The molecule has 1 heterocycles. The Labute approximate surface area is 137 Å². The summed E-state index contributed by atoms with van der Waals surface area (Å²) >= 11 is 3.31. The minimum absolute atomic E-state index is 0.134. The number of amides is 1. The first-order valence-electron chi connectivity index (χ1n) is 6.98. The first kappa shape index (κ1) is 16.3. The summed E-state index contributed by atoms with van der Waals surface area (Å²) in [4.78, 5) is 23.7. The number of aryl methyl sites for hydroxylation is 1. The molecule has 0 spiro atoms. The van der Waals surface area contributed by atoms with Crippen LogP contribution in [0.4, 0.5) is 5.69 Å². The highest BCUT2D eigenvalue weighted by Crippen LogP contribution is 2.23. The van der Waals surface area contributed by atoms with Crippen LogP contribution in [0.2, 0.25) is 0 Å². The molecule has 5 nitrogen and oxygen atoms in total. The molecule has 0 unspecified atom stereocenters. The first-order chi connectivity index (χ1) is 10.6. The van der Waals surface area contributed by atoms with E-state index in [0.717, 1.165) is 4.47 Å². The van der Waals surface area contributed by atoms with E-state index in [1.807, 2.05) is 19.1 Å². The molecule has 0 aliphatic heterocycles. The highest BCUT2D eigenvalue weighted by molar-refractivity contribution is 9.10. The lowest BCUT2D eigenvalue weighted by atomic mass is 10.2. The van der Waals surface area contributed by atoms with Crippen molar-refractivity contribution < 1.29 is 9.53 Å². The predicted octanol–water partition coefficient (Wildman–Crippen LogP) is 3.04. The van der Waals surface area contributed by atoms with Gasteiger partial charge in [0.1, 0.15) is 5.75 Å². The number of nitrogens with zero attached hydrogens (tertiary/aromatic N) is 1. The van der Waals surface area contributed by atoms with E-state index >= 15 is 0 Å². The van der Waals surface area contributed by atoms with Gasteiger partial charge in [0.2, 0.25) is 5.91 Å². The van der Waals surface area contributed by atoms with Gasteiger partial charge in [-0.15, -0.1) is 0 Å². The Morgan fingerprint density at radius 3 is 2.82 bits per heavy atom. The molecule has 6 heteroatoms. The molecule has 1 amide bonds. The number of carbonyl (C=O) groups is 1. The summed E-state index contributed by atoms with van der Waals surface area (Å²) in [5.74, 6) is 0.469. The van der Waals surface area contributed by atoms with Gasteiger partial charge in [-0.1, -0.05) is 12.1 Å². The molecule has 0 fully saturated rings. The topological polar surface area (TPSA) is 60.3 Å². The number of hydrogen-bond donors (Lipinski definition) is 1. The summed E-state index contributed by atoms with van der Waals surface area (Å²) in [6.45, 7) is 2.74. The van der Waals surface area contributed by atoms with Crippen molar-refractivity contribution in [1.82, 2.24) is 4.57 Å². The molecular formula is C16H17BrN2O3. The molecule has 0 radical (unpaired) electrons. The molecule has 22 heavy (non-hydrogen) atoms. The molecule has 2 rings (SSSR count). The number of nitrogens with one attached hydrogen (secondary N) is 1.